The molecule has 1 fully saturated rings. The number of rotatable bonds is 5. The predicted octanol–water partition coefficient (Wildman–Crippen LogP) is 4.08. The van der Waals surface area contributed by atoms with Crippen LogP contribution in [0, 0.1) is 6.92 Å². The summed E-state index contributed by atoms with van der Waals surface area (Å²) < 4.78 is 1.75. The van der Waals surface area contributed by atoms with E-state index in [1.807, 2.05) is 55.7 Å². The Morgan fingerprint density at radius 2 is 1.72 bits per heavy atom. The lowest BCUT2D eigenvalue weighted by molar-refractivity contribution is 0.312. The number of para-hydroxylation sites is 1. The van der Waals surface area contributed by atoms with Crippen molar-refractivity contribution in [2.24, 2.45) is 0 Å². The molecule has 0 bridgehead atoms. The van der Waals surface area contributed by atoms with Gasteiger partial charge in [0, 0.05) is 55.2 Å². The molecule has 0 unspecified atom stereocenters. The largest absolute Gasteiger partial charge is 0.354 e. The van der Waals surface area contributed by atoms with Crippen molar-refractivity contribution in [3.05, 3.63) is 79.1 Å². The van der Waals surface area contributed by atoms with Crippen LogP contribution in [0.2, 0.25) is 0 Å². The lowest BCUT2D eigenvalue weighted by Crippen LogP contribution is -2.44. The summed E-state index contributed by atoms with van der Waals surface area (Å²) >= 11 is 0. The lowest BCUT2D eigenvalue weighted by atomic mass is 10.0. The molecular formula is C27H27N9. The summed E-state index contributed by atoms with van der Waals surface area (Å²) in [5, 5.41) is 8.68. The molecule has 1 aliphatic rings. The minimum Gasteiger partial charge on any atom is -0.354 e. The molecule has 0 atom stereocenters. The van der Waals surface area contributed by atoms with E-state index in [1.165, 1.54) is 0 Å². The van der Waals surface area contributed by atoms with Crippen LogP contribution in [0.4, 0.5) is 17.5 Å². The molecule has 1 aliphatic heterocycles. The molecule has 1 saturated heterocycles. The smallest absolute Gasteiger partial charge is 0.227 e. The number of benzene rings is 2. The Balaban J connectivity index is 1.28. The van der Waals surface area contributed by atoms with Crippen LogP contribution in [-0.4, -0.2) is 67.8 Å². The zero-order valence-electron chi connectivity index (χ0n) is 20.3. The number of nitrogens with zero attached hydrogens (tertiary/aromatic N) is 8. The van der Waals surface area contributed by atoms with Gasteiger partial charge in [0.15, 0.2) is 0 Å². The summed E-state index contributed by atoms with van der Waals surface area (Å²) in [5.74, 6) is 2.29. The Hall–Kier alpha value is -4.37. The number of hydrogen-bond acceptors (Lipinski definition) is 8. The van der Waals surface area contributed by atoms with Crippen LogP contribution in [0.1, 0.15) is 5.82 Å². The molecule has 0 saturated carbocycles. The average molecular weight is 478 g/mol. The highest BCUT2D eigenvalue weighted by atomic mass is 15.3. The first kappa shape index (κ1) is 22.1. The molecule has 0 spiro atoms. The molecule has 180 valence electrons. The molecule has 36 heavy (non-hydrogen) atoms. The maximum absolute atomic E-state index is 4.89. The van der Waals surface area contributed by atoms with Gasteiger partial charge in [-0.05, 0) is 55.9 Å². The van der Waals surface area contributed by atoms with E-state index in [0.717, 1.165) is 71.2 Å². The van der Waals surface area contributed by atoms with Gasteiger partial charge in [-0.3, -0.25) is 0 Å². The first-order chi connectivity index (χ1) is 17.6. The number of fused-ring (bicyclic) bond motifs is 1. The van der Waals surface area contributed by atoms with E-state index in [0.29, 0.717) is 5.95 Å². The highest BCUT2D eigenvalue weighted by Gasteiger charge is 2.16. The molecule has 3 aromatic heterocycles. The molecule has 4 heterocycles. The standard InChI is InChI=1S/C27H27N9/c1-19-30-18-36(33-19)23-8-6-22(7-9-23)31-27-29-17-21-4-3-5-24(26(21)32-27)20-10-11-28-25(16-20)35-14-12-34(2)13-15-35/h3-11,16-18H,12-15H2,1-2H3,(H,29,31,32). The number of aromatic nitrogens is 6. The van der Waals surface area contributed by atoms with Gasteiger partial charge < -0.3 is 15.1 Å². The Morgan fingerprint density at radius 1 is 0.889 bits per heavy atom. The maximum atomic E-state index is 4.89. The maximum Gasteiger partial charge on any atom is 0.227 e. The quantitative estimate of drug-likeness (QED) is 0.405. The zero-order chi connectivity index (χ0) is 24.5. The van der Waals surface area contributed by atoms with Crippen LogP contribution in [0.25, 0.3) is 27.7 Å². The van der Waals surface area contributed by atoms with Crippen molar-refractivity contribution >= 4 is 28.4 Å². The van der Waals surface area contributed by atoms with Gasteiger partial charge in [-0.1, -0.05) is 18.2 Å². The second-order valence-electron chi connectivity index (χ2n) is 9.04. The third-order valence-corrected chi connectivity index (χ3v) is 6.49. The molecule has 0 amide bonds. The number of likely N-dealkylation sites (N-methyl/N-ethyl adjacent to an activating group) is 1. The van der Waals surface area contributed by atoms with E-state index < -0.39 is 0 Å². The Kier molecular flexibility index (Phi) is 5.74. The average Bonchev–Trinajstić information content (AvgIpc) is 3.35. The van der Waals surface area contributed by atoms with Crippen LogP contribution in [0.3, 0.4) is 0 Å². The van der Waals surface area contributed by atoms with Gasteiger partial charge >= 0.3 is 0 Å². The van der Waals surface area contributed by atoms with E-state index in [4.69, 9.17) is 4.98 Å². The molecule has 1 N–H and O–H groups in total. The van der Waals surface area contributed by atoms with E-state index >= 15 is 0 Å². The fourth-order valence-corrected chi connectivity index (χ4v) is 4.44. The fourth-order valence-electron chi connectivity index (χ4n) is 4.44. The van der Waals surface area contributed by atoms with Crippen molar-refractivity contribution in [2.75, 3.05) is 43.4 Å². The summed E-state index contributed by atoms with van der Waals surface area (Å²) in [6.45, 7) is 5.92. The van der Waals surface area contributed by atoms with Gasteiger partial charge in [0.25, 0.3) is 0 Å². The summed E-state index contributed by atoms with van der Waals surface area (Å²) in [6.07, 6.45) is 5.46. The monoisotopic (exact) mass is 477 g/mol. The van der Waals surface area contributed by atoms with Gasteiger partial charge in [0.05, 0.1) is 11.2 Å². The minimum atomic E-state index is 0.549. The molecule has 0 radical (unpaired) electrons. The summed E-state index contributed by atoms with van der Waals surface area (Å²) in [5.41, 5.74) is 4.90. The normalized spacial score (nSPS) is 14.3. The van der Waals surface area contributed by atoms with Crippen LogP contribution >= 0.6 is 0 Å². The highest BCUT2D eigenvalue weighted by Crippen LogP contribution is 2.30. The Bertz CT molecular complexity index is 1500. The van der Waals surface area contributed by atoms with Crippen molar-refractivity contribution in [2.45, 2.75) is 6.92 Å². The fraction of sp³-hybridized carbons (Fsp3) is 0.222. The Morgan fingerprint density at radius 3 is 2.50 bits per heavy atom. The summed E-state index contributed by atoms with van der Waals surface area (Å²) in [4.78, 5) is 23.0. The van der Waals surface area contributed by atoms with Crippen LogP contribution < -0.4 is 10.2 Å². The molecule has 5 aromatic rings. The number of piperazine rings is 1. The van der Waals surface area contributed by atoms with E-state index in [1.54, 1.807) is 11.0 Å². The number of anilines is 3. The van der Waals surface area contributed by atoms with Crippen molar-refractivity contribution in [1.82, 2.24) is 34.6 Å². The zero-order valence-corrected chi connectivity index (χ0v) is 20.3. The van der Waals surface area contributed by atoms with Crippen LogP contribution in [0.5, 0.6) is 0 Å². The third-order valence-electron chi connectivity index (χ3n) is 6.49. The topological polar surface area (TPSA) is 87.9 Å². The summed E-state index contributed by atoms with van der Waals surface area (Å²) in [6, 6.07) is 18.4. The van der Waals surface area contributed by atoms with E-state index in [-0.39, 0.29) is 0 Å². The molecule has 9 nitrogen and oxygen atoms in total. The predicted molar refractivity (Wildman–Crippen MR) is 142 cm³/mol. The van der Waals surface area contributed by atoms with Crippen LogP contribution in [-0.2, 0) is 0 Å². The van der Waals surface area contributed by atoms with E-state index in [9.17, 15) is 0 Å². The van der Waals surface area contributed by atoms with Gasteiger partial charge in [-0.25, -0.2) is 24.6 Å². The Labute approximate surface area is 209 Å². The molecule has 0 aliphatic carbocycles. The molecule has 9 heteroatoms. The number of hydrogen-bond donors (Lipinski definition) is 1. The highest BCUT2D eigenvalue weighted by molar-refractivity contribution is 5.94. The number of pyridine rings is 1. The number of nitrogens with one attached hydrogen (secondary N) is 1. The van der Waals surface area contributed by atoms with Crippen molar-refractivity contribution < 1.29 is 0 Å². The van der Waals surface area contributed by atoms with Crippen molar-refractivity contribution in [3.63, 3.8) is 0 Å². The van der Waals surface area contributed by atoms with Crippen molar-refractivity contribution in [1.29, 1.82) is 0 Å². The van der Waals surface area contributed by atoms with Gasteiger partial charge in [-0.2, -0.15) is 5.10 Å². The second kappa shape index (κ2) is 9.35. The third kappa shape index (κ3) is 4.48. The molecule has 6 rings (SSSR count). The molecule has 2 aromatic carbocycles. The minimum absolute atomic E-state index is 0.549. The van der Waals surface area contributed by atoms with Gasteiger partial charge in [0.2, 0.25) is 5.95 Å². The lowest BCUT2D eigenvalue weighted by Gasteiger charge is -2.33. The second-order valence-corrected chi connectivity index (χ2v) is 9.04. The molecular weight excluding hydrogens is 450 g/mol. The first-order valence-corrected chi connectivity index (χ1v) is 12.0. The first-order valence-electron chi connectivity index (χ1n) is 12.0. The van der Waals surface area contributed by atoms with Gasteiger partial charge in [-0.15, -0.1) is 0 Å². The number of aryl methyl sites for hydroxylation is 1. The van der Waals surface area contributed by atoms with Gasteiger partial charge in [0.1, 0.15) is 18.0 Å². The van der Waals surface area contributed by atoms with E-state index in [2.05, 4.69) is 60.4 Å². The van der Waals surface area contributed by atoms with Crippen molar-refractivity contribution in [3.8, 4) is 16.8 Å². The summed E-state index contributed by atoms with van der Waals surface area (Å²) in [7, 11) is 2.16. The van der Waals surface area contributed by atoms with Crippen LogP contribution in [0.15, 0.2) is 73.3 Å². The SMILES string of the molecule is Cc1ncn(-c2ccc(Nc3ncc4cccc(-c5ccnc(N6CCN(C)CC6)c5)c4n3)cc2)n1.